The van der Waals surface area contributed by atoms with Gasteiger partial charge in [0.1, 0.15) is 0 Å². The standard InChI is InChI=1S/C14H23NS2/c1-2-13(15)14(11-8-9-16-10-11)17-12-6-4-3-5-7-12/h8-10,12-14H,2-7,15H2,1H3. The van der Waals surface area contributed by atoms with Crippen molar-refractivity contribution in [3.05, 3.63) is 22.4 Å². The zero-order chi connectivity index (χ0) is 12.1. The van der Waals surface area contributed by atoms with E-state index in [1.807, 2.05) is 0 Å². The van der Waals surface area contributed by atoms with Gasteiger partial charge in [-0.15, -0.1) is 11.8 Å². The van der Waals surface area contributed by atoms with Crippen LogP contribution in [0, 0.1) is 0 Å². The second-order valence-electron chi connectivity index (χ2n) is 4.95. The van der Waals surface area contributed by atoms with E-state index in [0.717, 1.165) is 11.7 Å². The van der Waals surface area contributed by atoms with E-state index in [2.05, 4.69) is 35.5 Å². The smallest absolute Gasteiger partial charge is 0.0459 e. The van der Waals surface area contributed by atoms with Gasteiger partial charge in [-0.25, -0.2) is 0 Å². The van der Waals surface area contributed by atoms with Crippen LogP contribution >= 0.6 is 23.1 Å². The van der Waals surface area contributed by atoms with E-state index in [1.54, 1.807) is 11.3 Å². The maximum Gasteiger partial charge on any atom is 0.0459 e. The number of hydrogen-bond acceptors (Lipinski definition) is 3. The zero-order valence-corrected chi connectivity index (χ0v) is 12.2. The summed E-state index contributed by atoms with van der Waals surface area (Å²) in [4.78, 5) is 0. The largest absolute Gasteiger partial charge is 0.326 e. The van der Waals surface area contributed by atoms with Gasteiger partial charge in [0.05, 0.1) is 0 Å². The Labute approximate surface area is 113 Å². The summed E-state index contributed by atoms with van der Waals surface area (Å²) in [6, 6.07) is 2.55. The highest BCUT2D eigenvalue weighted by Gasteiger charge is 2.24. The summed E-state index contributed by atoms with van der Waals surface area (Å²) in [7, 11) is 0. The van der Waals surface area contributed by atoms with Crippen LogP contribution in [0.1, 0.15) is 56.3 Å². The molecular formula is C14H23NS2. The maximum absolute atomic E-state index is 6.31. The van der Waals surface area contributed by atoms with Crippen LogP contribution in [0.3, 0.4) is 0 Å². The van der Waals surface area contributed by atoms with Crippen molar-refractivity contribution in [2.24, 2.45) is 5.73 Å². The normalized spacial score (nSPS) is 21.3. The second kappa shape index (κ2) is 6.81. The number of nitrogens with two attached hydrogens (primary N) is 1. The van der Waals surface area contributed by atoms with Gasteiger partial charge in [0, 0.05) is 16.5 Å². The van der Waals surface area contributed by atoms with E-state index in [1.165, 1.54) is 37.7 Å². The van der Waals surface area contributed by atoms with Gasteiger partial charge in [0.25, 0.3) is 0 Å². The van der Waals surface area contributed by atoms with Crippen molar-refractivity contribution >= 4 is 23.1 Å². The number of rotatable bonds is 5. The predicted molar refractivity (Wildman–Crippen MR) is 79.8 cm³/mol. The number of thioether (sulfide) groups is 1. The predicted octanol–water partition coefficient (Wildman–Crippen LogP) is 4.59. The third-order valence-corrected chi connectivity index (χ3v) is 6.10. The molecule has 1 heterocycles. The molecule has 1 fully saturated rings. The van der Waals surface area contributed by atoms with Crippen molar-refractivity contribution in [3.63, 3.8) is 0 Å². The molecule has 1 aliphatic carbocycles. The van der Waals surface area contributed by atoms with Gasteiger partial charge in [-0.05, 0) is 41.7 Å². The van der Waals surface area contributed by atoms with Gasteiger partial charge in [0.2, 0.25) is 0 Å². The molecule has 0 aliphatic heterocycles. The molecule has 0 bridgehead atoms. The molecule has 0 saturated heterocycles. The minimum atomic E-state index is 0.302. The first-order valence-electron chi connectivity index (χ1n) is 6.74. The van der Waals surface area contributed by atoms with E-state index in [9.17, 15) is 0 Å². The van der Waals surface area contributed by atoms with E-state index in [4.69, 9.17) is 5.73 Å². The lowest BCUT2D eigenvalue weighted by Gasteiger charge is -2.29. The average Bonchev–Trinajstić information content (AvgIpc) is 2.90. The van der Waals surface area contributed by atoms with E-state index >= 15 is 0 Å². The Bertz CT molecular complexity index is 304. The van der Waals surface area contributed by atoms with Gasteiger partial charge in [-0.1, -0.05) is 26.2 Å². The monoisotopic (exact) mass is 269 g/mol. The highest BCUT2D eigenvalue weighted by Crippen LogP contribution is 2.41. The maximum atomic E-state index is 6.31. The lowest BCUT2D eigenvalue weighted by Crippen LogP contribution is -2.27. The SMILES string of the molecule is CCC(N)C(SC1CCCCC1)c1ccsc1. The molecule has 0 radical (unpaired) electrons. The summed E-state index contributed by atoms with van der Waals surface area (Å²) in [6.45, 7) is 2.20. The van der Waals surface area contributed by atoms with Crippen LogP contribution in [0.4, 0.5) is 0 Å². The molecule has 3 heteroatoms. The van der Waals surface area contributed by atoms with Crippen LogP contribution in [-0.4, -0.2) is 11.3 Å². The van der Waals surface area contributed by atoms with Crippen LogP contribution in [0.2, 0.25) is 0 Å². The molecule has 1 aromatic rings. The summed E-state index contributed by atoms with van der Waals surface area (Å²) >= 11 is 3.93. The van der Waals surface area contributed by atoms with Crippen molar-refractivity contribution in [1.29, 1.82) is 0 Å². The van der Waals surface area contributed by atoms with Gasteiger partial charge >= 0.3 is 0 Å². The topological polar surface area (TPSA) is 26.0 Å². The molecule has 2 rings (SSSR count). The fraction of sp³-hybridized carbons (Fsp3) is 0.714. The number of hydrogen-bond donors (Lipinski definition) is 1. The van der Waals surface area contributed by atoms with Gasteiger partial charge in [0.15, 0.2) is 0 Å². The highest BCUT2D eigenvalue weighted by molar-refractivity contribution is 8.00. The summed E-state index contributed by atoms with van der Waals surface area (Å²) in [5, 5.41) is 5.79. The molecule has 17 heavy (non-hydrogen) atoms. The van der Waals surface area contributed by atoms with Crippen LogP contribution in [0.5, 0.6) is 0 Å². The number of thiophene rings is 1. The summed E-state index contributed by atoms with van der Waals surface area (Å²) in [5.41, 5.74) is 7.75. The molecule has 1 aromatic heterocycles. The van der Waals surface area contributed by atoms with Crippen LogP contribution < -0.4 is 5.73 Å². The molecule has 0 amide bonds. The third-order valence-electron chi connectivity index (χ3n) is 3.62. The Kier molecular flexibility index (Phi) is 5.39. The van der Waals surface area contributed by atoms with Crippen molar-refractivity contribution in [3.8, 4) is 0 Å². The molecule has 2 atom stereocenters. The summed E-state index contributed by atoms with van der Waals surface area (Å²) in [5.74, 6) is 0. The van der Waals surface area contributed by atoms with E-state index in [-0.39, 0.29) is 0 Å². The quantitative estimate of drug-likeness (QED) is 0.846. The molecule has 1 aliphatic rings. The van der Waals surface area contributed by atoms with Crippen LogP contribution in [0.15, 0.2) is 16.8 Å². The summed E-state index contributed by atoms with van der Waals surface area (Å²) in [6.07, 6.45) is 8.11. The Morgan fingerprint density at radius 1 is 1.41 bits per heavy atom. The Hall–Kier alpha value is 0.01000. The average molecular weight is 269 g/mol. The molecule has 1 nitrogen and oxygen atoms in total. The third kappa shape index (κ3) is 3.73. The first-order valence-corrected chi connectivity index (χ1v) is 8.63. The molecule has 2 N–H and O–H groups in total. The van der Waals surface area contributed by atoms with Crippen molar-refractivity contribution in [1.82, 2.24) is 0 Å². The van der Waals surface area contributed by atoms with Crippen LogP contribution in [-0.2, 0) is 0 Å². The van der Waals surface area contributed by atoms with Crippen molar-refractivity contribution in [2.75, 3.05) is 0 Å². The van der Waals surface area contributed by atoms with E-state index < -0.39 is 0 Å². The molecule has 2 unspecified atom stereocenters. The summed E-state index contributed by atoms with van der Waals surface area (Å²) < 4.78 is 0. The first kappa shape index (κ1) is 13.4. The Morgan fingerprint density at radius 3 is 2.76 bits per heavy atom. The van der Waals surface area contributed by atoms with Gasteiger partial charge in [-0.2, -0.15) is 11.3 Å². The molecule has 0 spiro atoms. The second-order valence-corrected chi connectivity index (χ2v) is 7.17. The lowest BCUT2D eigenvalue weighted by molar-refractivity contribution is 0.512. The molecule has 0 aromatic carbocycles. The van der Waals surface area contributed by atoms with E-state index in [0.29, 0.717) is 11.3 Å². The molecule has 1 saturated carbocycles. The van der Waals surface area contributed by atoms with Gasteiger partial charge < -0.3 is 5.73 Å². The fourth-order valence-electron chi connectivity index (χ4n) is 2.49. The Morgan fingerprint density at radius 2 is 2.18 bits per heavy atom. The highest BCUT2D eigenvalue weighted by atomic mass is 32.2. The minimum Gasteiger partial charge on any atom is -0.326 e. The lowest BCUT2D eigenvalue weighted by atomic mass is 10.0. The fourth-order valence-corrected chi connectivity index (χ4v) is 4.99. The zero-order valence-electron chi connectivity index (χ0n) is 10.6. The first-order chi connectivity index (χ1) is 8.31. The van der Waals surface area contributed by atoms with Gasteiger partial charge in [-0.3, -0.25) is 0 Å². The minimum absolute atomic E-state index is 0.302. The molecule has 96 valence electrons. The molecular weight excluding hydrogens is 246 g/mol. The van der Waals surface area contributed by atoms with Crippen molar-refractivity contribution < 1.29 is 0 Å². The van der Waals surface area contributed by atoms with Crippen LogP contribution in [0.25, 0.3) is 0 Å². The van der Waals surface area contributed by atoms with Crippen molar-refractivity contribution in [2.45, 2.75) is 62.0 Å². The Balaban J connectivity index is 2.00.